The normalized spacial score (nSPS) is 16.3. The van der Waals surface area contributed by atoms with E-state index < -0.39 is 11.6 Å². The van der Waals surface area contributed by atoms with E-state index in [0.717, 1.165) is 38.3 Å². The van der Waals surface area contributed by atoms with Gasteiger partial charge < -0.3 is 9.84 Å². The molecule has 0 spiro atoms. The Morgan fingerprint density at radius 2 is 2.00 bits per heavy atom. The summed E-state index contributed by atoms with van der Waals surface area (Å²) < 4.78 is 31.2. The number of halogens is 2. The Morgan fingerprint density at radius 1 is 1.19 bits per heavy atom. The highest BCUT2D eigenvalue weighted by atomic mass is 19.2. The number of benzene rings is 1. The number of hydrogen-bond donors (Lipinski definition) is 1. The molecular formula is C14H16F2N4O. The molecule has 7 heteroatoms. The van der Waals surface area contributed by atoms with Gasteiger partial charge in [-0.05, 0) is 17.7 Å². The summed E-state index contributed by atoms with van der Waals surface area (Å²) in [5, 5.41) is 7.21. The SMILES string of the molecule is Fc1ccc(Cc2nc(CN3CCNCC3)no2)cc1F. The topological polar surface area (TPSA) is 54.2 Å². The predicted molar refractivity (Wildman–Crippen MR) is 71.6 cm³/mol. The van der Waals surface area contributed by atoms with Crippen LogP contribution < -0.4 is 5.32 Å². The summed E-state index contributed by atoms with van der Waals surface area (Å²) in [6.45, 7) is 4.46. The zero-order chi connectivity index (χ0) is 14.7. The molecule has 0 atom stereocenters. The summed E-state index contributed by atoms with van der Waals surface area (Å²) in [5.74, 6) is -0.697. The summed E-state index contributed by atoms with van der Waals surface area (Å²) in [7, 11) is 0. The van der Waals surface area contributed by atoms with E-state index in [-0.39, 0.29) is 0 Å². The Balaban J connectivity index is 1.62. The summed E-state index contributed by atoms with van der Waals surface area (Å²) in [5.41, 5.74) is 0.603. The zero-order valence-electron chi connectivity index (χ0n) is 11.5. The number of nitrogens with one attached hydrogen (secondary N) is 1. The van der Waals surface area contributed by atoms with Crippen molar-refractivity contribution in [2.45, 2.75) is 13.0 Å². The standard InChI is InChI=1S/C14H16F2N4O/c15-11-2-1-10(7-12(11)16)8-14-18-13(19-21-14)9-20-5-3-17-4-6-20/h1-2,7,17H,3-6,8-9H2. The first-order valence-electron chi connectivity index (χ1n) is 6.89. The largest absolute Gasteiger partial charge is 0.339 e. The second kappa shape index (κ2) is 6.28. The average molecular weight is 294 g/mol. The molecule has 1 N–H and O–H groups in total. The van der Waals surface area contributed by atoms with Crippen LogP contribution in [0.5, 0.6) is 0 Å². The van der Waals surface area contributed by atoms with Gasteiger partial charge in [-0.25, -0.2) is 8.78 Å². The van der Waals surface area contributed by atoms with Crippen LogP contribution in [0, 0.1) is 11.6 Å². The van der Waals surface area contributed by atoms with E-state index >= 15 is 0 Å². The van der Waals surface area contributed by atoms with Gasteiger partial charge in [-0.15, -0.1) is 0 Å². The first-order valence-corrected chi connectivity index (χ1v) is 6.89. The van der Waals surface area contributed by atoms with Crippen LogP contribution >= 0.6 is 0 Å². The van der Waals surface area contributed by atoms with Crippen LogP contribution in [0.15, 0.2) is 22.7 Å². The van der Waals surface area contributed by atoms with Crippen molar-refractivity contribution in [1.29, 1.82) is 0 Å². The summed E-state index contributed by atoms with van der Waals surface area (Å²) in [4.78, 5) is 6.53. The molecule has 0 aliphatic carbocycles. The van der Waals surface area contributed by atoms with Crippen LogP contribution in [0.3, 0.4) is 0 Å². The molecule has 21 heavy (non-hydrogen) atoms. The molecule has 2 heterocycles. The van der Waals surface area contributed by atoms with Crippen LogP contribution in [-0.2, 0) is 13.0 Å². The monoisotopic (exact) mass is 294 g/mol. The van der Waals surface area contributed by atoms with Crippen molar-refractivity contribution >= 4 is 0 Å². The molecule has 2 aromatic rings. The summed E-state index contributed by atoms with van der Waals surface area (Å²) in [6, 6.07) is 3.76. The van der Waals surface area contributed by atoms with E-state index in [2.05, 4.69) is 20.4 Å². The van der Waals surface area contributed by atoms with Gasteiger partial charge in [0.15, 0.2) is 17.5 Å². The van der Waals surface area contributed by atoms with Crippen molar-refractivity contribution in [2.24, 2.45) is 0 Å². The van der Waals surface area contributed by atoms with Crippen molar-refractivity contribution in [3.63, 3.8) is 0 Å². The van der Waals surface area contributed by atoms with Gasteiger partial charge in [0.2, 0.25) is 5.89 Å². The van der Waals surface area contributed by atoms with Gasteiger partial charge in [-0.3, -0.25) is 4.90 Å². The van der Waals surface area contributed by atoms with Gasteiger partial charge >= 0.3 is 0 Å². The van der Waals surface area contributed by atoms with Crippen molar-refractivity contribution in [1.82, 2.24) is 20.4 Å². The third-order valence-corrected chi connectivity index (χ3v) is 3.42. The van der Waals surface area contributed by atoms with Gasteiger partial charge in [0, 0.05) is 26.2 Å². The van der Waals surface area contributed by atoms with Gasteiger partial charge in [0.05, 0.1) is 13.0 Å². The van der Waals surface area contributed by atoms with Crippen molar-refractivity contribution in [2.75, 3.05) is 26.2 Å². The Morgan fingerprint density at radius 3 is 2.76 bits per heavy atom. The molecule has 1 aromatic heterocycles. The van der Waals surface area contributed by atoms with Crippen LogP contribution in [0.25, 0.3) is 0 Å². The van der Waals surface area contributed by atoms with Crippen LogP contribution in [0.1, 0.15) is 17.3 Å². The lowest BCUT2D eigenvalue weighted by Crippen LogP contribution is -2.43. The fraction of sp³-hybridized carbons (Fsp3) is 0.429. The Hall–Kier alpha value is -1.86. The minimum atomic E-state index is -0.868. The molecule has 0 radical (unpaired) electrons. The highest BCUT2D eigenvalue weighted by Gasteiger charge is 2.14. The smallest absolute Gasteiger partial charge is 0.231 e. The van der Waals surface area contributed by atoms with Gasteiger partial charge in [-0.2, -0.15) is 4.98 Å². The number of aromatic nitrogens is 2. The number of nitrogens with zero attached hydrogens (tertiary/aromatic N) is 3. The zero-order valence-corrected chi connectivity index (χ0v) is 11.5. The fourth-order valence-electron chi connectivity index (χ4n) is 2.32. The summed E-state index contributed by atoms with van der Waals surface area (Å²) >= 11 is 0. The summed E-state index contributed by atoms with van der Waals surface area (Å²) in [6.07, 6.45) is 0.297. The lowest BCUT2D eigenvalue weighted by molar-refractivity contribution is 0.224. The number of hydrogen-bond acceptors (Lipinski definition) is 5. The predicted octanol–water partition coefficient (Wildman–Crippen LogP) is 1.34. The highest BCUT2D eigenvalue weighted by Crippen LogP contribution is 2.13. The number of piperazine rings is 1. The van der Waals surface area contributed by atoms with Gasteiger partial charge in [0.25, 0.3) is 0 Å². The van der Waals surface area contributed by atoms with Crippen molar-refractivity contribution in [3.8, 4) is 0 Å². The first-order chi connectivity index (χ1) is 10.2. The van der Waals surface area contributed by atoms with E-state index in [1.165, 1.54) is 6.07 Å². The molecule has 0 amide bonds. The first kappa shape index (κ1) is 14.1. The van der Waals surface area contributed by atoms with E-state index in [4.69, 9.17) is 4.52 Å². The van der Waals surface area contributed by atoms with Gasteiger partial charge in [-0.1, -0.05) is 11.2 Å². The maximum Gasteiger partial charge on any atom is 0.231 e. The maximum absolute atomic E-state index is 13.1. The molecular weight excluding hydrogens is 278 g/mol. The van der Waals surface area contributed by atoms with Crippen molar-refractivity contribution in [3.05, 3.63) is 47.1 Å². The van der Waals surface area contributed by atoms with E-state index in [1.54, 1.807) is 0 Å². The molecule has 5 nitrogen and oxygen atoms in total. The lowest BCUT2D eigenvalue weighted by Gasteiger charge is -2.25. The van der Waals surface area contributed by atoms with Crippen LogP contribution in [0.2, 0.25) is 0 Å². The molecule has 1 aliphatic heterocycles. The third-order valence-electron chi connectivity index (χ3n) is 3.42. The molecule has 1 aliphatic rings. The van der Waals surface area contributed by atoms with Gasteiger partial charge in [0.1, 0.15) is 0 Å². The maximum atomic E-state index is 13.1. The van der Waals surface area contributed by atoms with Crippen molar-refractivity contribution < 1.29 is 13.3 Å². The Labute approximate surface area is 120 Å². The Bertz CT molecular complexity index is 611. The molecule has 112 valence electrons. The van der Waals surface area contributed by atoms with E-state index in [0.29, 0.717) is 30.2 Å². The second-order valence-corrected chi connectivity index (χ2v) is 5.06. The third kappa shape index (κ3) is 3.62. The molecule has 1 saturated heterocycles. The molecule has 0 saturated carbocycles. The van der Waals surface area contributed by atoms with E-state index in [1.807, 2.05) is 0 Å². The highest BCUT2D eigenvalue weighted by molar-refractivity contribution is 5.20. The second-order valence-electron chi connectivity index (χ2n) is 5.06. The minimum Gasteiger partial charge on any atom is -0.339 e. The van der Waals surface area contributed by atoms with Crippen LogP contribution in [-0.4, -0.2) is 41.2 Å². The fourth-order valence-corrected chi connectivity index (χ4v) is 2.32. The van der Waals surface area contributed by atoms with E-state index in [9.17, 15) is 8.78 Å². The van der Waals surface area contributed by atoms with Crippen LogP contribution in [0.4, 0.5) is 8.78 Å². The molecule has 1 fully saturated rings. The number of rotatable bonds is 4. The molecule has 3 rings (SSSR count). The Kier molecular flexibility index (Phi) is 4.21. The molecule has 1 aromatic carbocycles. The quantitative estimate of drug-likeness (QED) is 0.922. The minimum absolute atomic E-state index is 0.297. The molecule has 0 bridgehead atoms. The lowest BCUT2D eigenvalue weighted by atomic mass is 10.1. The molecule has 0 unspecified atom stereocenters. The average Bonchev–Trinajstić information content (AvgIpc) is 2.91.